The molecule has 0 saturated heterocycles. The van der Waals surface area contributed by atoms with E-state index in [1.807, 2.05) is 38.1 Å². The van der Waals surface area contributed by atoms with Gasteiger partial charge in [-0.1, -0.05) is 12.1 Å². The third-order valence-corrected chi connectivity index (χ3v) is 4.98. The van der Waals surface area contributed by atoms with Crippen LogP contribution in [-0.2, 0) is 0 Å². The standard InChI is InChI=1S/C18H31N3S/c1-14(19)18(16-8-10-17(20)11-9-16)15(2)21-12-6-7-13-22(3,4)5/h8-11H,6-7,12-13,19-20H2,1-5H3/b18-14+,21-15?. The van der Waals surface area contributed by atoms with Crippen LogP contribution < -0.4 is 11.5 Å². The molecule has 4 heteroatoms. The molecule has 3 nitrogen and oxygen atoms in total. The topological polar surface area (TPSA) is 64.4 Å². The Morgan fingerprint density at radius 1 is 1.05 bits per heavy atom. The van der Waals surface area contributed by atoms with Crippen molar-refractivity contribution in [1.29, 1.82) is 0 Å². The zero-order chi connectivity index (χ0) is 16.8. The number of aliphatic imine (C=N–C) groups is 1. The van der Waals surface area contributed by atoms with Crippen LogP contribution in [0.5, 0.6) is 0 Å². The van der Waals surface area contributed by atoms with E-state index >= 15 is 0 Å². The lowest BCUT2D eigenvalue weighted by Gasteiger charge is -2.24. The van der Waals surface area contributed by atoms with Crippen molar-refractivity contribution in [3.8, 4) is 0 Å². The van der Waals surface area contributed by atoms with E-state index in [2.05, 4.69) is 18.8 Å². The maximum Gasteiger partial charge on any atom is 0.0412 e. The van der Waals surface area contributed by atoms with Crippen molar-refractivity contribution in [3.05, 3.63) is 35.5 Å². The maximum absolute atomic E-state index is 6.07. The number of hydrogen-bond donors (Lipinski definition) is 2. The second-order valence-electron chi connectivity index (χ2n) is 6.65. The number of nitrogen functional groups attached to an aromatic ring is 1. The molecule has 0 aromatic heterocycles. The van der Waals surface area contributed by atoms with E-state index in [0.29, 0.717) is 0 Å². The van der Waals surface area contributed by atoms with Crippen LogP contribution >= 0.6 is 10.0 Å². The Balaban J connectivity index is 2.71. The van der Waals surface area contributed by atoms with Crippen molar-refractivity contribution in [1.82, 2.24) is 0 Å². The highest BCUT2D eigenvalue weighted by atomic mass is 32.3. The van der Waals surface area contributed by atoms with Gasteiger partial charge < -0.3 is 11.5 Å². The fourth-order valence-corrected chi connectivity index (χ4v) is 3.41. The number of unbranched alkanes of at least 4 members (excludes halogenated alkanes) is 1. The fraction of sp³-hybridized carbons (Fsp3) is 0.500. The average molecular weight is 322 g/mol. The summed E-state index contributed by atoms with van der Waals surface area (Å²) in [6.45, 7) is 4.83. The largest absolute Gasteiger partial charge is 0.402 e. The van der Waals surface area contributed by atoms with Crippen LogP contribution in [-0.4, -0.2) is 36.8 Å². The van der Waals surface area contributed by atoms with Gasteiger partial charge >= 0.3 is 0 Å². The van der Waals surface area contributed by atoms with Gasteiger partial charge in [0.1, 0.15) is 0 Å². The van der Waals surface area contributed by atoms with Crippen LogP contribution in [0.1, 0.15) is 32.3 Å². The molecule has 0 amide bonds. The van der Waals surface area contributed by atoms with E-state index in [9.17, 15) is 0 Å². The Bertz CT molecular complexity index is 532. The van der Waals surface area contributed by atoms with Crippen LogP contribution in [0.25, 0.3) is 5.57 Å². The molecule has 0 heterocycles. The number of nitrogens with two attached hydrogens (primary N) is 2. The van der Waals surface area contributed by atoms with Crippen molar-refractivity contribution in [2.45, 2.75) is 26.7 Å². The maximum atomic E-state index is 6.07. The molecule has 1 aromatic carbocycles. The Hall–Kier alpha value is -1.42. The van der Waals surface area contributed by atoms with Gasteiger partial charge in [0.2, 0.25) is 0 Å². The summed E-state index contributed by atoms with van der Waals surface area (Å²) in [5, 5.41) is 0. The van der Waals surface area contributed by atoms with Crippen LogP contribution in [0.15, 0.2) is 35.0 Å². The molecule has 124 valence electrons. The molecule has 0 aliphatic heterocycles. The van der Waals surface area contributed by atoms with Crippen molar-refractivity contribution < 1.29 is 0 Å². The summed E-state index contributed by atoms with van der Waals surface area (Å²) in [4.78, 5) is 4.72. The summed E-state index contributed by atoms with van der Waals surface area (Å²) in [7, 11) is -0.391. The summed E-state index contributed by atoms with van der Waals surface area (Å²) in [6, 6.07) is 7.81. The molecule has 0 radical (unpaired) electrons. The summed E-state index contributed by atoms with van der Waals surface area (Å²) in [6.07, 6.45) is 9.47. The molecule has 1 rings (SSSR count). The van der Waals surface area contributed by atoms with Crippen molar-refractivity contribution >= 4 is 27.0 Å². The lowest BCUT2D eigenvalue weighted by molar-refractivity contribution is 0.814. The number of hydrogen-bond acceptors (Lipinski definition) is 3. The number of rotatable bonds is 7. The predicted molar refractivity (Wildman–Crippen MR) is 105 cm³/mol. The Labute approximate surface area is 137 Å². The van der Waals surface area contributed by atoms with Gasteiger partial charge in [0, 0.05) is 29.2 Å². The van der Waals surface area contributed by atoms with E-state index in [4.69, 9.17) is 16.5 Å². The Morgan fingerprint density at radius 2 is 1.64 bits per heavy atom. The van der Waals surface area contributed by atoms with E-state index in [1.165, 1.54) is 12.2 Å². The van der Waals surface area contributed by atoms with E-state index < -0.39 is 10.0 Å². The number of allylic oxidation sites excluding steroid dienone is 2. The average Bonchev–Trinajstić information content (AvgIpc) is 2.39. The second kappa shape index (κ2) is 8.28. The molecule has 0 fully saturated rings. The van der Waals surface area contributed by atoms with Gasteiger partial charge in [-0.05, 0) is 68.9 Å². The normalized spacial score (nSPS) is 14.7. The van der Waals surface area contributed by atoms with Gasteiger partial charge in [-0.3, -0.25) is 4.99 Å². The summed E-state index contributed by atoms with van der Waals surface area (Å²) < 4.78 is 0. The summed E-state index contributed by atoms with van der Waals surface area (Å²) in [5.41, 5.74) is 16.5. The molecule has 4 N–H and O–H groups in total. The van der Waals surface area contributed by atoms with Crippen molar-refractivity contribution in [2.75, 3.05) is 36.8 Å². The first-order valence-corrected chi connectivity index (χ1v) is 10.7. The monoisotopic (exact) mass is 321 g/mol. The molecular weight excluding hydrogens is 290 g/mol. The first-order chi connectivity index (χ1) is 10.2. The molecule has 22 heavy (non-hydrogen) atoms. The first kappa shape index (κ1) is 18.6. The van der Waals surface area contributed by atoms with Crippen molar-refractivity contribution in [2.24, 2.45) is 10.7 Å². The third-order valence-electron chi connectivity index (χ3n) is 3.47. The molecule has 0 bridgehead atoms. The fourth-order valence-electron chi connectivity index (χ4n) is 2.34. The van der Waals surface area contributed by atoms with Gasteiger partial charge in [0.05, 0.1) is 0 Å². The van der Waals surface area contributed by atoms with Gasteiger partial charge in [-0.15, -0.1) is 0 Å². The molecule has 0 saturated carbocycles. The highest BCUT2D eigenvalue weighted by molar-refractivity contribution is 8.32. The summed E-state index contributed by atoms with van der Waals surface area (Å²) >= 11 is 0. The quantitative estimate of drug-likeness (QED) is 0.454. The van der Waals surface area contributed by atoms with Gasteiger partial charge in [-0.2, -0.15) is 0 Å². The Morgan fingerprint density at radius 3 is 2.14 bits per heavy atom. The van der Waals surface area contributed by atoms with Gasteiger partial charge in [0.25, 0.3) is 0 Å². The molecule has 0 unspecified atom stereocenters. The summed E-state index contributed by atoms with van der Waals surface area (Å²) in [5.74, 6) is 1.32. The SMILES string of the molecule is CC(=NCCCCS(C)(C)C)/C(=C(/C)N)c1ccc(N)cc1. The smallest absolute Gasteiger partial charge is 0.0412 e. The number of nitrogens with zero attached hydrogens (tertiary/aromatic N) is 1. The first-order valence-electron chi connectivity index (χ1n) is 7.70. The number of anilines is 1. The zero-order valence-electron chi connectivity index (χ0n) is 14.6. The lowest BCUT2D eigenvalue weighted by Crippen LogP contribution is -2.07. The lowest BCUT2D eigenvalue weighted by atomic mass is 10.00. The van der Waals surface area contributed by atoms with Gasteiger partial charge in [-0.25, -0.2) is 10.0 Å². The molecule has 0 atom stereocenters. The van der Waals surface area contributed by atoms with Crippen LogP contribution in [0.3, 0.4) is 0 Å². The minimum atomic E-state index is -0.391. The van der Waals surface area contributed by atoms with Gasteiger partial charge in [0.15, 0.2) is 0 Å². The molecule has 0 aliphatic rings. The third kappa shape index (κ3) is 6.56. The van der Waals surface area contributed by atoms with Crippen molar-refractivity contribution in [3.63, 3.8) is 0 Å². The predicted octanol–water partition coefficient (Wildman–Crippen LogP) is 3.89. The second-order valence-corrected chi connectivity index (χ2v) is 11.2. The zero-order valence-corrected chi connectivity index (χ0v) is 15.5. The highest BCUT2D eigenvalue weighted by Crippen LogP contribution is 2.35. The highest BCUT2D eigenvalue weighted by Gasteiger charge is 2.08. The van der Waals surface area contributed by atoms with Crippen LogP contribution in [0.4, 0.5) is 5.69 Å². The van der Waals surface area contributed by atoms with E-state index in [0.717, 1.165) is 41.2 Å². The molecule has 0 aliphatic carbocycles. The Kier molecular flexibility index (Phi) is 7.01. The minimum Gasteiger partial charge on any atom is -0.402 e. The molecule has 1 aromatic rings. The van der Waals surface area contributed by atoms with E-state index in [-0.39, 0.29) is 0 Å². The van der Waals surface area contributed by atoms with Crippen LogP contribution in [0, 0.1) is 0 Å². The minimum absolute atomic E-state index is 0.391. The number of benzene rings is 1. The van der Waals surface area contributed by atoms with E-state index in [1.54, 1.807) is 0 Å². The molecule has 0 spiro atoms. The van der Waals surface area contributed by atoms with Crippen LogP contribution in [0.2, 0.25) is 0 Å². The molecular formula is C18H31N3S.